The average Bonchev–Trinajstić information content (AvgIpc) is 2.47. The molecule has 0 unspecified atom stereocenters. The Morgan fingerprint density at radius 2 is 2.30 bits per heavy atom. The largest absolute Gasteiger partial charge is 0.362 e. The standard InChI is InChI=1S/C15H24N4S/c1-3-9-16-15(20)18-13-7-8-14(17-11-13)19-10-5-4-6-12(19)2/h7-8,11-12H,3-6,9-10H2,1-2H3,(H2,16,18,20)/t12-/m1/s1. The molecule has 5 heteroatoms. The summed E-state index contributed by atoms with van der Waals surface area (Å²) in [4.78, 5) is 6.95. The topological polar surface area (TPSA) is 40.2 Å². The Balaban J connectivity index is 1.93. The molecule has 1 aliphatic rings. The van der Waals surface area contributed by atoms with Gasteiger partial charge >= 0.3 is 0 Å². The highest BCUT2D eigenvalue weighted by Gasteiger charge is 2.19. The molecule has 110 valence electrons. The Morgan fingerprint density at radius 3 is 2.95 bits per heavy atom. The summed E-state index contributed by atoms with van der Waals surface area (Å²) < 4.78 is 0. The highest BCUT2D eigenvalue weighted by molar-refractivity contribution is 7.80. The van der Waals surface area contributed by atoms with Crippen LogP contribution in [0.25, 0.3) is 0 Å². The fourth-order valence-electron chi connectivity index (χ4n) is 2.48. The predicted molar refractivity (Wildman–Crippen MR) is 89.4 cm³/mol. The van der Waals surface area contributed by atoms with Gasteiger partial charge in [0.15, 0.2) is 5.11 Å². The molecule has 2 rings (SSSR count). The van der Waals surface area contributed by atoms with Crippen LogP contribution in [0.5, 0.6) is 0 Å². The van der Waals surface area contributed by atoms with Crippen LogP contribution < -0.4 is 15.5 Å². The Labute approximate surface area is 127 Å². The van der Waals surface area contributed by atoms with E-state index in [0.717, 1.165) is 31.0 Å². The molecule has 0 aliphatic carbocycles. The number of hydrogen-bond acceptors (Lipinski definition) is 3. The molecular formula is C15H24N4S. The van der Waals surface area contributed by atoms with Crippen LogP contribution in [0.3, 0.4) is 0 Å². The van der Waals surface area contributed by atoms with Crippen molar-refractivity contribution in [3.05, 3.63) is 18.3 Å². The van der Waals surface area contributed by atoms with Crippen LogP contribution in [-0.4, -0.2) is 29.2 Å². The first kappa shape index (κ1) is 15.0. The van der Waals surface area contributed by atoms with Gasteiger partial charge in [0.1, 0.15) is 5.82 Å². The van der Waals surface area contributed by atoms with Gasteiger partial charge in [-0.05, 0) is 57.0 Å². The van der Waals surface area contributed by atoms with E-state index in [9.17, 15) is 0 Å². The molecule has 1 aliphatic heterocycles. The normalized spacial score (nSPS) is 18.7. The van der Waals surface area contributed by atoms with Crippen LogP contribution in [0.4, 0.5) is 11.5 Å². The lowest BCUT2D eigenvalue weighted by atomic mass is 10.0. The smallest absolute Gasteiger partial charge is 0.170 e. The first-order chi connectivity index (χ1) is 9.70. The monoisotopic (exact) mass is 292 g/mol. The highest BCUT2D eigenvalue weighted by Crippen LogP contribution is 2.23. The summed E-state index contributed by atoms with van der Waals surface area (Å²) in [6.07, 6.45) is 6.76. The predicted octanol–water partition coefficient (Wildman–Crippen LogP) is 3.16. The molecule has 0 aromatic carbocycles. The molecule has 0 spiro atoms. The van der Waals surface area contributed by atoms with Crippen LogP contribution >= 0.6 is 12.2 Å². The molecule has 2 N–H and O–H groups in total. The molecule has 1 aromatic heterocycles. The summed E-state index contributed by atoms with van der Waals surface area (Å²) in [6.45, 7) is 6.39. The first-order valence-electron chi connectivity index (χ1n) is 7.48. The van der Waals surface area contributed by atoms with Crippen LogP contribution in [0.1, 0.15) is 39.5 Å². The van der Waals surface area contributed by atoms with Gasteiger partial charge in [-0.15, -0.1) is 0 Å². The van der Waals surface area contributed by atoms with E-state index >= 15 is 0 Å². The lowest BCUT2D eigenvalue weighted by Gasteiger charge is -2.34. The number of hydrogen-bond donors (Lipinski definition) is 2. The van der Waals surface area contributed by atoms with E-state index in [4.69, 9.17) is 12.2 Å². The number of nitrogens with one attached hydrogen (secondary N) is 2. The number of nitrogens with zero attached hydrogens (tertiary/aromatic N) is 2. The summed E-state index contributed by atoms with van der Waals surface area (Å²) in [7, 11) is 0. The maximum atomic E-state index is 5.22. The minimum atomic E-state index is 0.586. The zero-order chi connectivity index (χ0) is 14.4. The second kappa shape index (κ2) is 7.43. The minimum Gasteiger partial charge on any atom is -0.362 e. The Bertz CT molecular complexity index is 432. The molecule has 1 atom stereocenters. The quantitative estimate of drug-likeness (QED) is 0.834. The zero-order valence-electron chi connectivity index (χ0n) is 12.4. The number of thiocarbonyl (C=S) groups is 1. The summed E-state index contributed by atoms with van der Waals surface area (Å²) in [6, 6.07) is 4.71. The van der Waals surface area contributed by atoms with Crippen molar-refractivity contribution in [3.8, 4) is 0 Å². The fourth-order valence-corrected chi connectivity index (χ4v) is 2.70. The molecule has 1 saturated heterocycles. The maximum absolute atomic E-state index is 5.22. The average molecular weight is 292 g/mol. The van der Waals surface area contributed by atoms with Crippen LogP contribution in [0.15, 0.2) is 18.3 Å². The van der Waals surface area contributed by atoms with E-state index in [1.807, 2.05) is 12.3 Å². The van der Waals surface area contributed by atoms with Crippen molar-refractivity contribution in [1.82, 2.24) is 10.3 Å². The lowest BCUT2D eigenvalue weighted by Crippen LogP contribution is -2.37. The number of anilines is 2. The molecule has 0 saturated carbocycles. The Hall–Kier alpha value is -1.36. The molecular weight excluding hydrogens is 268 g/mol. The van der Waals surface area contributed by atoms with Gasteiger partial charge in [-0.3, -0.25) is 0 Å². The number of pyridine rings is 1. The van der Waals surface area contributed by atoms with Crippen molar-refractivity contribution in [2.75, 3.05) is 23.3 Å². The summed E-state index contributed by atoms with van der Waals surface area (Å²) in [5.74, 6) is 1.06. The van der Waals surface area contributed by atoms with Gasteiger partial charge in [-0.1, -0.05) is 6.92 Å². The second-order valence-corrected chi connectivity index (χ2v) is 5.73. The fraction of sp³-hybridized carbons (Fsp3) is 0.600. The number of aromatic nitrogens is 1. The second-order valence-electron chi connectivity index (χ2n) is 5.32. The van der Waals surface area contributed by atoms with Crippen molar-refractivity contribution in [2.24, 2.45) is 0 Å². The number of rotatable bonds is 4. The van der Waals surface area contributed by atoms with Gasteiger partial charge in [0.05, 0.1) is 11.9 Å². The van der Waals surface area contributed by atoms with Crippen LogP contribution in [-0.2, 0) is 0 Å². The van der Waals surface area contributed by atoms with E-state index in [1.165, 1.54) is 19.3 Å². The highest BCUT2D eigenvalue weighted by atomic mass is 32.1. The SMILES string of the molecule is CCCNC(=S)Nc1ccc(N2CCCC[C@H]2C)nc1. The molecule has 1 fully saturated rings. The van der Waals surface area contributed by atoms with Gasteiger partial charge in [0.25, 0.3) is 0 Å². The maximum Gasteiger partial charge on any atom is 0.170 e. The third-order valence-electron chi connectivity index (χ3n) is 3.64. The molecule has 0 bridgehead atoms. The van der Waals surface area contributed by atoms with Gasteiger partial charge in [-0.2, -0.15) is 0 Å². The molecule has 4 nitrogen and oxygen atoms in total. The van der Waals surface area contributed by atoms with Crippen molar-refractivity contribution in [2.45, 2.75) is 45.6 Å². The minimum absolute atomic E-state index is 0.586. The van der Waals surface area contributed by atoms with E-state index in [2.05, 4.69) is 40.4 Å². The number of piperidine rings is 1. The zero-order valence-corrected chi connectivity index (χ0v) is 13.2. The van der Waals surface area contributed by atoms with E-state index in [0.29, 0.717) is 11.2 Å². The molecule has 1 aromatic rings. The van der Waals surface area contributed by atoms with Gasteiger partial charge < -0.3 is 15.5 Å². The Morgan fingerprint density at radius 1 is 1.45 bits per heavy atom. The molecule has 0 amide bonds. The van der Waals surface area contributed by atoms with E-state index < -0.39 is 0 Å². The molecule has 0 radical (unpaired) electrons. The summed E-state index contributed by atoms with van der Waals surface area (Å²) in [5, 5.41) is 6.97. The third-order valence-corrected chi connectivity index (χ3v) is 3.88. The van der Waals surface area contributed by atoms with Crippen molar-refractivity contribution in [3.63, 3.8) is 0 Å². The van der Waals surface area contributed by atoms with Crippen molar-refractivity contribution < 1.29 is 0 Å². The van der Waals surface area contributed by atoms with Crippen molar-refractivity contribution >= 4 is 28.8 Å². The van der Waals surface area contributed by atoms with Gasteiger partial charge in [0.2, 0.25) is 0 Å². The Kier molecular flexibility index (Phi) is 5.59. The van der Waals surface area contributed by atoms with Crippen LogP contribution in [0.2, 0.25) is 0 Å². The summed E-state index contributed by atoms with van der Waals surface area (Å²) in [5.41, 5.74) is 0.937. The first-order valence-corrected chi connectivity index (χ1v) is 7.89. The molecule has 20 heavy (non-hydrogen) atoms. The van der Waals surface area contributed by atoms with Gasteiger partial charge in [0, 0.05) is 19.1 Å². The van der Waals surface area contributed by atoms with Crippen molar-refractivity contribution in [1.29, 1.82) is 0 Å². The van der Waals surface area contributed by atoms with Crippen LogP contribution in [0, 0.1) is 0 Å². The summed E-state index contributed by atoms with van der Waals surface area (Å²) >= 11 is 5.22. The van der Waals surface area contributed by atoms with E-state index in [-0.39, 0.29) is 0 Å². The van der Waals surface area contributed by atoms with Gasteiger partial charge in [-0.25, -0.2) is 4.98 Å². The molecule has 2 heterocycles. The third kappa shape index (κ3) is 4.07. The lowest BCUT2D eigenvalue weighted by molar-refractivity contribution is 0.481. The van der Waals surface area contributed by atoms with E-state index in [1.54, 1.807) is 0 Å².